The van der Waals surface area contributed by atoms with Crippen LogP contribution in [0.3, 0.4) is 0 Å². The second-order valence-electron chi connectivity index (χ2n) is 3.61. The molecule has 1 aromatic heterocycles. The molecule has 0 saturated heterocycles. The topological polar surface area (TPSA) is 159 Å². The maximum Gasteiger partial charge on any atom is 0.322 e. The Morgan fingerprint density at radius 3 is 2.47 bits per heavy atom. The van der Waals surface area contributed by atoms with Gasteiger partial charge in [-0.15, -0.1) is 0 Å². The highest BCUT2D eigenvalue weighted by molar-refractivity contribution is 7.91. The van der Waals surface area contributed by atoms with E-state index in [4.69, 9.17) is 10.8 Å². The van der Waals surface area contributed by atoms with Gasteiger partial charge >= 0.3 is 10.8 Å². The molecule has 106 valence electrons. The summed E-state index contributed by atoms with van der Waals surface area (Å²) in [5.74, 6) is -2.50. The van der Waals surface area contributed by atoms with Crippen LogP contribution in [0.25, 0.3) is 0 Å². The summed E-state index contributed by atoms with van der Waals surface area (Å²) < 4.78 is 25.3. The molecule has 1 unspecified atom stereocenters. The molecule has 9 nitrogen and oxygen atoms in total. The third-order valence-electron chi connectivity index (χ3n) is 2.03. The fraction of sp³-hybridized carbons (Fsp3) is 0.375. The van der Waals surface area contributed by atoms with Gasteiger partial charge in [0.25, 0.3) is 10.0 Å². The number of aromatic nitrogens is 1. The average Bonchev–Trinajstić information content (AvgIpc) is 2.56. The number of thiazole rings is 1. The Morgan fingerprint density at radius 1 is 1.53 bits per heavy atom. The number of aryl methyl sites for hydroxylation is 1. The zero-order valence-electron chi connectivity index (χ0n) is 9.67. The van der Waals surface area contributed by atoms with E-state index in [2.05, 4.69) is 4.98 Å². The van der Waals surface area contributed by atoms with Gasteiger partial charge in [0.2, 0.25) is 5.91 Å². The minimum atomic E-state index is -4.21. The van der Waals surface area contributed by atoms with E-state index in [0.29, 0.717) is 11.3 Å². The van der Waals surface area contributed by atoms with Crippen molar-refractivity contribution >= 4 is 33.2 Å². The number of hydrogen-bond acceptors (Lipinski definition) is 6. The summed E-state index contributed by atoms with van der Waals surface area (Å²) in [5.41, 5.74) is 4.92. The lowest BCUT2D eigenvalue weighted by atomic mass is 10.2. The van der Waals surface area contributed by atoms with Crippen LogP contribution in [0.5, 0.6) is 0 Å². The predicted octanol–water partition coefficient (Wildman–Crippen LogP) is -1.65. The highest BCUT2D eigenvalue weighted by atomic mass is 32.2. The van der Waals surface area contributed by atoms with Crippen molar-refractivity contribution in [3.63, 3.8) is 0 Å². The van der Waals surface area contributed by atoms with Crippen LogP contribution in [0.1, 0.15) is 12.1 Å². The molecule has 0 fully saturated rings. The van der Waals surface area contributed by atoms with Crippen molar-refractivity contribution in [2.75, 3.05) is 0 Å². The molecule has 1 amide bonds. The molecule has 11 heteroatoms. The fourth-order valence-corrected chi connectivity index (χ4v) is 3.77. The van der Waals surface area contributed by atoms with Gasteiger partial charge in [-0.25, -0.2) is 8.42 Å². The Morgan fingerprint density at radius 2 is 2.11 bits per heavy atom. The number of H-pyrrole nitrogens is 1. The number of aliphatic carboxylic acids is 1. The molecule has 1 aromatic rings. The molecule has 0 aliphatic heterocycles. The van der Waals surface area contributed by atoms with Crippen molar-refractivity contribution in [1.82, 2.24) is 9.71 Å². The molecule has 0 aliphatic carbocycles. The minimum Gasteiger partial charge on any atom is -0.480 e. The number of carbonyl (C=O) groups is 2. The number of carboxylic acids is 1. The molecule has 1 atom stereocenters. The van der Waals surface area contributed by atoms with Crippen LogP contribution in [0.4, 0.5) is 0 Å². The van der Waals surface area contributed by atoms with Crippen molar-refractivity contribution in [1.29, 1.82) is 0 Å². The van der Waals surface area contributed by atoms with E-state index < -0.39 is 39.2 Å². The molecule has 0 saturated carbocycles. The Kier molecular flexibility index (Phi) is 4.44. The summed E-state index contributed by atoms with van der Waals surface area (Å²) in [6.45, 7) is 1.36. The van der Waals surface area contributed by atoms with Crippen molar-refractivity contribution < 1.29 is 23.1 Å². The quantitative estimate of drug-likeness (QED) is 0.492. The van der Waals surface area contributed by atoms with E-state index in [9.17, 15) is 22.8 Å². The Balaban J connectivity index is 3.07. The largest absolute Gasteiger partial charge is 0.480 e. The van der Waals surface area contributed by atoms with Crippen molar-refractivity contribution in [3.05, 3.63) is 15.4 Å². The SMILES string of the molecule is Cc1[nH]c(=O)sc1S(=O)(=O)NC(CC(N)=O)C(=O)O. The maximum atomic E-state index is 11.9. The molecule has 19 heavy (non-hydrogen) atoms. The van der Waals surface area contributed by atoms with E-state index >= 15 is 0 Å². The number of carbonyl (C=O) groups excluding carboxylic acids is 1. The molecule has 0 aliphatic rings. The summed E-state index contributed by atoms with van der Waals surface area (Å²) in [4.78, 5) is 34.2. The first-order chi connectivity index (χ1) is 8.63. The molecule has 0 bridgehead atoms. The average molecular weight is 309 g/mol. The van der Waals surface area contributed by atoms with Crippen molar-refractivity contribution in [2.24, 2.45) is 5.73 Å². The standard InChI is InChI=1S/C8H11N3O6S2/c1-3-7(18-8(15)10-3)19(16,17)11-4(6(13)14)2-5(9)12/h4,11H,2H2,1H3,(H2,9,12)(H,10,15)(H,13,14). The lowest BCUT2D eigenvalue weighted by Gasteiger charge is -2.12. The zero-order chi connectivity index (χ0) is 14.8. The van der Waals surface area contributed by atoms with Gasteiger partial charge in [-0.1, -0.05) is 11.3 Å². The molecular formula is C8H11N3O6S2. The number of amides is 1. The number of sulfonamides is 1. The van der Waals surface area contributed by atoms with E-state index in [1.54, 1.807) is 0 Å². The van der Waals surface area contributed by atoms with Gasteiger partial charge < -0.3 is 15.8 Å². The molecular weight excluding hydrogens is 298 g/mol. The van der Waals surface area contributed by atoms with Gasteiger partial charge in [-0.2, -0.15) is 4.72 Å². The predicted molar refractivity (Wildman–Crippen MR) is 65.2 cm³/mol. The molecule has 0 aromatic carbocycles. The van der Waals surface area contributed by atoms with Gasteiger partial charge in [0.05, 0.1) is 6.42 Å². The summed E-state index contributed by atoms with van der Waals surface area (Å²) in [6.07, 6.45) is -0.688. The zero-order valence-corrected chi connectivity index (χ0v) is 11.3. The summed E-state index contributed by atoms with van der Waals surface area (Å²) in [7, 11) is -4.21. The smallest absolute Gasteiger partial charge is 0.322 e. The first-order valence-electron chi connectivity index (χ1n) is 4.86. The van der Waals surface area contributed by atoms with Crippen LogP contribution >= 0.6 is 11.3 Å². The normalized spacial score (nSPS) is 13.1. The number of hydrogen-bond donors (Lipinski definition) is 4. The summed E-state index contributed by atoms with van der Waals surface area (Å²) in [5, 5.41) is 8.81. The molecule has 1 rings (SSSR count). The summed E-state index contributed by atoms with van der Waals surface area (Å²) in [6, 6.07) is -1.68. The Labute approximate surface area is 111 Å². The second-order valence-corrected chi connectivity index (χ2v) is 6.50. The Hall–Kier alpha value is -1.72. The number of primary amides is 1. The maximum absolute atomic E-state index is 11.9. The molecule has 1 heterocycles. The van der Waals surface area contributed by atoms with E-state index in [0.717, 1.165) is 0 Å². The molecule has 0 spiro atoms. The van der Waals surface area contributed by atoms with Crippen LogP contribution in [0, 0.1) is 6.92 Å². The van der Waals surface area contributed by atoms with Crippen LogP contribution in [-0.2, 0) is 19.6 Å². The number of carboxylic acid groups (broad SMARTS) is 1. The third-order valence-corrected chi connectivity index (χ3v) is 5.10. The number of rotatable bonds is 6. The first-order valence-corrected chi connectivity index (χ1v) is 7.16. The van der Waals surface area contributed by atoms with Gasteiger partial charge in [-0.3, -0.25) is 14.4 Å². The highest BCUT2D eigenvalue weighted by Crippen LogP contribution is 2.16. The van der Waals surface area contributed by atoms with Gasteiger partial charge in [0.15, 0.2) is 4.21 Å². The molecule has 5 N–H and O–H groups in total. The lowest BCUT2D eigenvalue weighted by Crippen LogP contribution is -2.43. The monoisotopic (exact) mass is 309 g/mol. The van der Waals surface area contributed by atoms with Crippen LogP contribution in [0.15, 0.2) is 9.00 Å². The van der Waals surface area contributed by atoms with Crippen LogP contribution in [-0.4, -0.2) is 36.4 Å². The van der Waals surface area contributed by atoms with Gasteiger partial charge in [0.1, 0.15) is 6.04 Å². The van der Waals surface area contributed by atoms with Crippen LogP contribution in [0.2, 0.25) is 0 Å². The number of nitrogens with one attached hydrogen (secondary N) is 2. The lowest BCUT2D eigenvalue weighted by molar-refractivity contribution is -0.140. The summed E-state index contributed by atoms with van der Waals surface area (Å²) >= 11 is 0.423. The van der Waals surface area contributed by atoms with Crippen LogP contribution < -0.4 is 15.3 Å². The minimum absolute atomic E-state index is 0.0886. The van der Waals surface area contributed by atoms with E-state index in [1.165, 1.54) is 6.92 Å². The van der Waals surface area contributed by atoms with Crippen molar-refractivity contribution in [3.8, 4) is 0 Å². The van der Waals surface area contributed by atoms with E-state index in [-0.39, 0.29) is 9.90 Å². The fourth-order valence-electron chi connectivity index (χ4n) is 1.27. The Bertz CT molecular complexity index is 658. The van der Waals surface area contributed by atoms with E-state index in [1.807, 2.05) is 4.72 Å². The first kappa shape index (κ1) is 15.3. The van der Waals surface area contributed by atoms with Crippen molar-refractivity contribution in [2.45, 2.75) is 23.6 Å². The highest BCUT2D eigenvalue weighted by Gasteiger charge is 2.29. The number of aromatic amines is 1. The molecule has 0 radical (unpaired) electrons. The number of nitrogens with two attached hydrogens (primary N) is 1. The van der Waals surface area contributed by atoms with Gasteiger partial charge in [-0.05, 0) is 6.92 Å². The third kappa shape index (κ3) is 3.87. The second kappa shape index (κ2) is 5.50. The van der Waals surface area contributed by atoms with Gasteiger partial charge in [0, 0.05) is 5.69 Å².